The number of aliphatic hydroxyl groups excluding tert-OH is 1. The summed E-state index contributed by atoms with van der Waals surface area (Å²) < 4.78 is 12.9. The fraction of sp³-hybridized carbons (Fsp3) is 0.154. The minimum Gasteiger partial charge on any atom is -0.387 e. The van der Waals surface area contributed by atoms with Gasteiger partial charge in [-0.3, -0.25) is 4.98 Å². The monoisotopic (exact) mass is 283 g/mol. The molecule has 1 heterocycles. The zero-order chi connectivity index (χ0) is 13.0. The lowest BCUT2D eigenvalue weighted by Crippen LogP contribution is -2.01. The summed E-state index contributed by atoms with van der Waals surface area (Å²) in [6, 6.07) is 8.63. The van der Waals surface area contributed by atoms with Crippen molar-refractivity contribution in [1.29, 1.82) is 0 Å². The Labute approximate surface area is 114 Å². The Bertz CT molecular complexity index is 521. The van der Waals surface area contributed by atoms with Gasteiger partial charge in [0.1, 0.15) is 5.82 Å². The van der Waals surface area contributed by atoms with E-state index in [1.165, 1.54) is 24.0 Å². The van der Waals surface area contributed by atoms with Crippen molar-refractivity contribution in [2.24, 2.45) is 0 Å². The Kier molecular flexibility index (Phi) is 4.58. The van der Waals surface area contributed by atoms with Gasteiger partial charge in [0, 0.05) is 27.4 Å². The SMILES string of the molecule is OC(CSc1ccc(Cl)cc1)c1cncc(F)c1. The summed E-state index contributed by atoms with van der Waals surface area (Å²) in [4.78, 5) is 4.71. The Balaban J connectivity index is 1.96. The molecule has 0 spiro atoms. The van der Waals surface area contributed by atoms with Crippen molar-refractivity contribution in [3.8, 4) is 0 Å². The Morgan fingerprint density at radius 1 is 1.28 bits per heavy atom. The molecule has 18 heavy (non-hydrogen) atoms. The van der Waals surface area contributed by atoms with Crippen LogP contribution in [0, 0.1) is 5.82 Å². The summed E-state index contributed by atoms with van der Waals surface area (Å²) in [5, 5.41) is 10.6. The first kappa shape index (κ1) is 13.3. The van der Waals surface area contributed by atoms with Crippen LogP contribution in [0.4, 0.5) is 4.39 Å². The number of hydrogen-bond acceptors (Lipinski definition) is 3. The van der Waals surface area contributed by atoms with Gasteiger partial charge in [0.2, 0.25) is 0 Å². The van der Waals surface area contributed by atoms with E-state index in [1.54, 1.807) is 12.1 Å². The van der Waals surface area contributed by atoms with Gasteiger partial charge in [-0.25, -0.2) is 4.39 Å². The molecule has 0 fully saturated rings. The second-order valence-electron chi connectivity index (χ2n) is 3.72. The van der Waals surface area contributed by atoms with Crippen LogP contribution in [0.5, 0.6) is 0 Å². The van der Waals surface area contributed by atoms with Crippen molar-refractivity contribution in [3.05, 3.63) is 59.1 Å². The number of nitrogens with zero attached hydrogens (tertiary/aromatic N) is 1. The molecule has 5 heteroatoms. The molecule has 0 aliphatic carbocycles. The molecule has 0 amide bonds. The largest absolute Gasteiger partial charge is 0.387 e. The van der Waals surface area contributed by atoms with Crippen LogP contribution >= 0.6 is 23.4 Å². The van der Waals surface area contributed by atoms with Gasteiger partial charge in [0.05, 0.1) is 12.3 Å². The molecule has 1 aromatic heterocycles. The van der Waals surface area contributed by atoms with E-state index in [0.717, 1.165) is 11.1 Å². The van der Waals surface area contributed by atoms with Crippen LogP contribution in [0.3, 0.4) is 0 Å². The molecule has 1 atom stereocenters. The third-order valence-corrected chi connectivity index (χ3v) is 3.67. The highest BCUT2D eigenvalue weighted by atomic mass is 35.5. The van der Waals surface area contributed by atoms with Crippen molar-refractivity contribution in [2.75, 3.05) is 5.75 Å². The molecule has 0 saturated heterocycles. The fourth-order valence-corrected chi connectivity index (χ4v) is 2.41. The van der Waals surface area contributed by atoms with Gasteiger partial charge in [0.15, 0.2) is 0 Å². The lowest BCUT2D eigenvalue weighted by atomic mass is 10.2. The van der Waals surface area contributed by atoms with Crippen LogP contribution < -0.4 is 0 Å². The van der Waals surface area contributed by atoms with Crippen LogP contribution in [-0.4, -0.2) is 15.8 Å². The zero-order valence-electron chi connectivity index (χ0n) is 9.38. The maximum absolute atomic E-state index is 12.9. The van der Waals surface area contributed by atoms with Gasteiger partial charge in [0.25, 0.3) is 0 Å². The number of pyridine rings is 1. The van der Waals surface area contributed by atoms with Gasteiger partial charge in [-0.15, -0.1) is 11.8 Å². The van der Waals surface area contributed by atoms with Crippen LogP contribution in [0.2, 0.25) is 5.02 Å². The van der Waals surface area contributed by atoms with Crippen molar-refractivity contribution >= 4 is 23.4 Å². The summed E-state index contributed by atoms with van der Waals surface area (Å²) in [5.74, 6) is -0.00436. The first-order chi connectivity index (χ1) is 8.65. The second kappa shape index (κ2) is 6.18. The van der Waals surface area contributed by atoms with Gasteiger partial charge in [-0.1, -0.05) is 11.6 Å². The summed E-state index contributed by atoms with van der Waals surface area (Å²) in [7, 11) is 0. The predicted molar refractivity (Wildman–Crippen MR) is 71.3 cm³/mol. The average Bonchev–Trinajstić information content (AvgIpc) is 2.38. The van der Waals surface area contributed by atoms with Crippen molar-refractivity contribution in [3.63, 3.8) is 0 Å². The number of aromatic nitrogens is 1. The van der Waals surface area contributed by atoms with Gasteiger partial charge in [-0.05, 0) is 30.3 Å². The van der Waals surface area contributed by atoms with E-state index in [9.17, 15) is 9.50 Å². The number of thioether (sulfide) groups is 1. The van der Waals surface area contributed by atoms with E-state index in [0.29, 0.717) is 16.3 Å². The molecule has 94 valence electrons. The third-order valence-electron chi connectivity index (χ3n) is 2.33. The molecular weight excluding hydrogens is 273 g/mol. The number of aliphatic hydroxyl groups is 1. The van der Waals surface area contributed by atoms with Gasteiger partial charge < -0.3 is 5.11 Å². The van der Waals surface area contributed by atoms with Crippen LogP contribution in [-0.2, 0) is 0 Å². The van der Waals surface area contributed by atoms with E-state index >= 15 is 0 Å². The summed E-state index contributed by atoms with van der Waals surface area (Å²) in [6.07, 6.45) is 1.84. The maximum atomic E-state index is 12.9. The van der Waals surface area contributed by atoms with E-state index in [4.69, 9.17) is 11.6 Å². The average molecular weight is 284 g/mol. The van der Waals surface area contributed by atoms with Crippen LogP contribution in [0.25, 0.3) is 0 Å². The second-order valence-corrected chi connectivity index (χ2v) is 5.25. The maximum Gasteiger partial charge on any atom is 0.141 e. The molecular formula is C13H11ClFNOS. The number of rotatable bonds is 4. The first-order valence-electron chi connectivity index (χ1n) is 5.32. The summed E-state index contributed by atoms with van der Waals surface area (Å²) >= 11 is 7.26. The first-order valence-corrected chi connectivity index (χ1v) is 6.68. The van der Waals surface area contributed by atoms with E-state index < -0.39 is 11.9 Å². The molecule has 0 aliphatic rings. The Morgan fingerprint density at radius 3 is 2.67 bits per heavy atom. The summed E-state index contributed by atoms with van der Waals surface area (Å²) in [6.45, 7) is 0. The quantitative estimate of drug-likeness (QED) is 0.869. The highest BCUT2D eigenvalue weighted by molar-refractivity contribution is 7.99. The molecule has 2 aromatic rings. The van der Waals surface area contributed by atoms with E-state index in [1.807, 2.05) is 12.1 Å². The number of halogens is 2. The minimum absolute atomic E-state index is 0.437. The standard InChI is InChI=1S/C13H11ClFNOS/c14-10-1-3-12(4-2-10)18-8-13(17)9-5-11(15)7-16-6-9/h1-7,13,17H,8H2. The van der Waals surface area contributed by atoms with Crippen LogP contribution in [0.1, 0.15) is 11.7 Å². The molecule has 0 bridgehead atoms. The normalized spacial score (nSPS) is 12.4. The van der Waals surface area contributed by atoms with Gasteiger partial charge in [-0.2, -0.15) is 0 Å². The number of benzene rings is 1. The predicted octanol–water partition coefficient (Wildman–Crippen LogP) is 3.70. The van der Waals surface area contributed by atoms with Gasteiger partial charge >= 0.3 is 0 Å². The van der Waals surface area contributed by atoms with Crippen molar-refractivity contribution in [1.82, 2.24) is 4.98 Å². The lowest BCUT2D eigenvalue weighted by Gasteiger charge is -2.10. The molecule has 1 unspecified atom stereocenters. The Morgan fingerprint density at radius 2 is 2.00 bits per heavy atom. The topological polar surface area (TPSA) is 33.1 Å². The van der Waals surface area contributed by atoms with E-state index in [-0.39, 0.29) is 0 Å². The summed E-state index contributed by atoms with van der Waals surface area (Å²) in [5.41, 5.74) is 0.483. The van der Waals surface area contributed by atoms with Crippen molar-refractivity contribution in [2.45, 2.75) is 11.0 Å². The number of hydrogen-bond donors (Lipinski definition) is 1. The third kappa shape index (κ3) is 3.70. The lowest BCUT2D eigenvalue weighted by molar-refractivity contribution is 0.203. The molecule has 0 radical (unpaired) electrons. The van der Waals surface area contributed by atoms with Crippen LogP contribution in [0.15, 0.2) is 47.6 Å². The minimum atomic E-state index is -0.742. The molecule has 0 saturated carbocycles. The Hall–Kier alpha value is -1.10. The molecule has 2 nitrogen and oxygen atoms in total. The molecule has 1 aromatic carbocycles. The zero-order valence-corrected chi connectivity index (χ0v) is 11.0. The van der Waals surface area contributed by atoms with E-state index in [2.05, 4.69) is 4.98 Å². The molecule has 0 aliphatic heterocycles. The molecule has 1 N–H and O–H groups in total. The highest BCUT2D eigenvalue weighted by Gasteiger charge is 2.09. The smallest absolute Gasteiger partial charge is 0.141 e. The fourth-order valence-electron chi connectivity index (χ4n) is 1.41. The van der Waals surface area contributed by atoms with Crippen molar-refractivity contribution < 1.29 is 9.50 Å². The highest BCUT2D eigenvalue weighted by Crippen LogP contribution is 2.25. The molecule has 2 rings (SSSR count).